The predicted octanol–water partition coefficient (Wildman–Crippen LogP) is 1.88. The first kappa shape index (κ1) is 16.9. The van der Waals surface area contributed by atoms with E-state index in [0.717, 1.165) is 6.42 Å². The van der Waals surface area contributed by atoms with Crippen molar-refractivity contribution in [2.24, 2.45) is 0 Å². The molecule has 1 fully saturated rings. The number of carboxylic acid groups (broad SMARTS) is 1. The summed E-state index contributed by atoms with van der Waals surface area (Å²) < 4.78 is 37.3. The highest BCUT2D eigenvalue weighted by atomic mass is 32.2. The van der Waals surface area contributed by atoms with Crippen molar-refractivity contribution in [2.45, 2.75) is 24.8 Å². The van der Waals surface area contributed by atoms with Crippen LogP contribution >= 0.6 is 11.8 Å². The van der Waals surface area contributed by atoms with Crippen molar-refractivity contribution in [3.63, 3.8) is 0 Å². The Bertz CT molecular complexity index is 365. The van der Waals surface area contributed by atoms with Gasteiger partial charge in [0.15, 0.2) is 0 Å². The van der Waals surface area contributed by atoms with E-state index in [4.69, 9.17) is 5.11 Å². The van der Waals surface area contributed by atoms with E-state index in [1.54, 1.807) is 11.8 Å². The summed E-state index contributed by atoms with van der Waals surface area (Å²) in [5, 5.41) is 8.83. The first-order valence-corrected chi connectivity index (χ1v) is 7.21. The highest BCUT2D eigenvalue weighted by molar-refractivity contribution is 8.00. The van der Waals surface area contributed by atoms with Crippen LogP contribution in [0.25, 0.3) is 0 Å². The largest absolute Gasteiger partial charge is 0.480 e. The molecule has 1 saturated heterocycles. The van der Waals surface area contributed by atoms with E-state index in [2.05, 4.69) is 0 Å². The number of thioether (sulfide) groups is 1. The van der Waals surface area contributed by atoms with Crippen molar-refractivity contribution >= 4 is 23.8 Å². The van der Waals surface area contributed by atoms with E-state index in [0.29, 0.717) is 23.7 Å². The highest BCUT2D eigenvalue weighted by Gasteiger charge is 2.36. The highest BCUT2D eigenvalue weighted by Crippen LogP contribution is 2.23. The molecule has 0 aromatic heterocycles. The fourth-order valence-electron chi connectivity index (χ4n) is 1.91. The van der Waals surface area contributed by atoms with Crippen LogP contribution in [-0.2, 0) is 4.79 Å². The molecule has 1 rings (SSSR count). The Morgan fingerprint density at radius 1 is 1.45 bits per heavy atom. The minimum atomic E-state index is -4.61. The van der Waals surface area contributed by atoms with Crippen molar-refractivity contribution in [1.29, 1.82) is 0 Å². The van der Waals surface area contributed by atoms with Crippen LogP contribution in [0.3, 0.4) is 0 Å². The molecule has 5 nitrogen and oxygen atoms in total. The standard InChI is InChI=1S/C11H17F3N2O3S/c1-2-8-5-15(3-4-20-8)10(19)16(6-9(17)18)7-11(12,13)14/h8H,2-7H2,1H3,(H,17,18). The Morgan fingerprint density at radius 3 is 2.60 bits per heavy atom. The molecule has 0 spiro atoms. The van der Waals surface area contributed by atoms with Crippen molar-refractivity contribution < 1.29 is 27.9 Å². The Labute approximate surface area is 119 Å². The Morgan fingerprint density at radius 2 is 2.10 bits per heavy atom. The molecule has 9 heteroatoms. The summed E-state index contributed by atoms with van der Waals surface area (Å²) in [5.41, 5.74) is 0. The number of carbonyl (C=O) groups excluding carboxylic acids is 1. The molecule has 2 amide bonds. The number of urea groups is 1. The van der Waals surface area contributed by atoms with Crippen molar-refractivity contribution in [2.75, 3.05) is 31.9 Å². The van der Waals surface area contributed by atoms with Crippen LogP contribution in [0.15, 0.2) is 0 Å². The van der Waals surface area contributed by atoms with Gasteiger partial charge in [0.1, 0.15) is 13.1 Å². The molecule has 1 aliphatic heterocycles. The van der Waals surface area contributed by atoms with E-state index < -0.39 is 31.3 Å². The maximum Gasteiger partial charge on any atom is 0.406 e. The number of carbonyl (C=O) groups is 2. The van der Waals surface area contributed by atoms with Crippen molar-refractivity contribution in [3.05, 3.63) is 0 Å². The van der Waals surface area contributed by atoms with E-state index in [1.165, 1.54) is 4.90 Å². The van der Waals surface area contributed by atoms with Gasteiger partial charge in [-0.25, -0.2) is 4.79 Å². The zero-order valence-electron chi connectivity index (χ0n) is 11.0. The molecule has 1 aliphatic rings. The topological polar surface area (TPSA) is 60.9 Å². The fraction of sp³-hybridized carbons (Fsp3) is 0.818. The smallest absolute Gasteiger partial charge is 0.406 e. The molecule has 1 unspecified atom stereocenters. The zero-order chi connectivity index (χ0) is 15.3. The monoisotopic (exact) mass is 314 g/mol. The van der Waals surface area contributed by atoms with Gasteiger partial charge in [0.05, 0.1) is 0 Å². The molecular formula is C11H17F3N2O3S. The lowest BCUT2D eigenvalue weighted by molar-refractivity contribution is -0.149. The quantitative estimate of drug-likeness (QED) is 0.861. The molecular weight excluding hydrogens is 297 g/mol. The second-order valence-corrected chi connectivity index (χ2v) is 5.90. The Hall–Kier alpha value is -1.12. The third kappa shape index (κ3) is 5.48. The predicted molar refractivity (Wildman–Crippen MR) is 68.8 cm³/mol. The summed E-state index contributed by atoms with van der Waals surface area (Å²) in [6, 6.07) is -0.858. The minimum absolute atomic E-state index is 0.185. The number of hydrogen-bond acceptors (Lipinski definition) is 3. The van der Waals surface area contributed by atoms with Gasteiger partial charge in [-0.3, -0.25) is 4.79 Å². The zero-order valence-corrected chi connectivity index (χ0v) is 11.8. The maximum atomic E-state index is 12.4. The van der Waals surface area contributed by atoms with E-state index >= 15 is 0 Å². The Kier molecular flexibility index (Phi) is 5.97. The number of amides is 2. The first-order chi connectivity index (χ1) is 9.23. The molecule has 0 bridgehead atoms. The number of nitrogens with zero attached hydrogens (tertiary/aromatic N) is 2. The first-order valence-electron chi connectivity index (χ1n) is 6.17. The van der Waals surface area contributed by atoms with Crippen molar-refractivity contribution in [1.82, 2.24) is 9.80 Å². The van der Waals surface area contributed by atoms with E-state index in [9.17, 15) is 22.8 Å². The van der Waals surface area contributed by atoms with E-state index in [-0.39, 0.29) is 5.25 Å². The van der Waals surface area contributed by atoms with Gasteiger partial charge in [0.2, 0.25) is 0 Å². The van der Waals surface area contributed by atoms with Gasteiger partial charge in [-0.2, -0.15) is 24.9 Å². The second-order valence-electron chi connectivity index (χ2n) is 4.49. The number of halogens is 3. The van der Waals surface area contributed by atoms with Gasteiger partial charge in [0, 0.05) is 24.1 Å². The van der Waals surface area contributed by atoms with Crippen LogP contribution in [0.5, 0.6) is 0 Å². The van der Waals surface area contributed by atoms with E-state index in [1.807, 2.05) is 6.92 Å². The molecule has 0 saturated carbocycles. The van der Waals surface area contributed by atoms with Crippen LogP contribution in [-0.4, -0.2) is 70.3 Å². The van der Waals surface area contributed by atoms with Crippen LogP contribution in [0.4, 0.5) is 18.0 Å². The van der Waals surface area contributed by atoms with Crippen LogP contribution in [0, 0.1) is 0 Å². The lowest BCUT2D eigenvalue weighted by Crippen LogP contribution is -2.52. The summed E-state index contributed by atoms with van der Waals surface area (Å²) in [5.74, 6) is -0.807. The van der Waals surface area contributed by atoms with Gasteiger partial charge < -0.3 is 14.9 Å². The van der Waals surface area contributed by atoms with Gasteiger partial charge in [0.25, 0.3) is 0 Å². The lowest BCUT2D eigenvalue weighted by Gasteiger charge is -2.35. The summed E-state index contributed by atoms with van der Waals surface area (Å²) >= 11 is 1.67. The number of carboxylic acids is 1. The third-order valence-electron chi connectivity index (χ3n) is 2.83. The van der Waals surface area contributed by atoms with Crippen LogP contribution < -0.4 is 0 Å². The third-order valence-corrected chi connectivity index (χ3v) is 4.20. The van der Waals surface area contributed by atoms with Crippen LogP contribution in [0.1, 0.15) is 13.3 Å². The maximum absolute atomic E-state index is 12.4. The molecule has 0 aliphatic carbocycles. The Balaban J connectivity index is 2.73. The molecule has 1 heterocycles. The number of rotatable bonds is 4. The van der Waals surface area contributed by atoms with Crippen molar-refractivity contribution in [3.8, 4) is 0 Å². The summed E-state index contributed by atoms with van der Waals surface area (Å²) in [4.78, 5) is 24.3. The minimum Gasteiger partial charge on any atom is -0.480 e. The molecule has 0 radical (unpaired) electrons. The van der Waals surface area contributed by atoms with Gasteiger partial charge >= 0.3 is 18.2 Å². The summed E-state index contributed by atoms with van der Waals surface area (Å²) in [6.07, 6.45) is -3.80. The van der Waals surface area contributed by atoms with Gasteiger partial charge in [-0.05, 0) is 6.42 Å². The van der Waals surface area contributed by atoms with Gasteiger partial charge in [-0.1, -0.05) is 6.92 Å². The molecule has 1 N–H and O–H groups in total. The molecule has 0 aromatic rings. The lowest BCUT2D eigenvalue weighted by atomic mass is 10.3. The fourth-order valence-corrected chi connectivity index (χ4v) is 3.09. The summed E-state index contributed by atoms with van der Waals surface area (Å²) in [7, 11) is 0. The van der Waals surface area contributed by atoms with Crippen LogP contribution in [0.2, 0.25) is 0 Å². The normalized spacial score (nSPS) is 19.8. The number of hydrogen-bond donors (Lipinski definition) is 1. The molecule has 1 atom stereocenters. The average molecular weight is 314 g/mol. The average Bonchev–Trinajstić information content (AvgIpc) is 2.35. The van der Waals surface area contributed by atoms with Gasteiger partial charge in [-0.15, -0.1) is 0 Å². The number of aliphatic carboxylic acids is 1. The second kappa shape index (κ2) is 7.05. The molecule has 116 valence electrons. The summed E-state index contributed by atoms with van der Waals surface area (Å²) in [6.45, 7) is 0.148. The SMILES string of the molecule is CCC1CN(C(=O)N(CC(=O)O)CC(F)(F)F)CCS1. The molecule has 0 aromatic carbocycles. The number of alkyl halides is 3. The molecule has 20 heavy (non-hydrogen) atoms.